The number of nitrogens with zero attached hydrogens (tertiary/aromatic N) is 1. The molecule has 0 spiro atoms. The Labute approximate surface area is 85.5 Å². The predicted molar refractivity (Wildman–Crippen MR) is 54.0 cm³/mol. The van der Waals surface area contributed by atoms with E-state index in [1.807, 2.05) is 6.07 Å². The van der Waals surface area contributed by atoms with Crippen molar-refractivity contribution >= 4 is 23.2 Å². The topological polar surface area (TPSA) is 28.7 Å². The monoisotopic (exact) mass is 212 g/mol. The molecule has 2 aromatic rings. The number of nitrogens with one attached hydrogen (secondary N) is 1. The fourth-order valence-corrected chi connectivity index (χ4v) is 1.64. The number of halogens is 2. The summed E-state index contributed by atoms with van der Waals surface area (Å²) in [7, 11) is 0. The molecule has 13 heavy (non-hydrogen) atoms. The molecule has 66 valence electrons. The molecule has 1 N–H and O–H groups in total. The van der Waals surface area contributed by atoms with E-state index in [0.717, 1.165) is 11.1 Å². The van der Waals surface area contributed by atoms with Gasteiger partial charge in [-0.1, -0.05) is 29.3 Å². The summed E-state index contributed by atoms with van der Waals surface area (Å²) in [6.07, 6.45) is 3.50. The Hall–Kier alpha value is -0.990. The molecule has 1 heterocycles. The fraction of sp³-hybridized carbons (Fsp3) is 0. The Morgan fingerprint density at radius 3 is 2.69 bits per heavy atom. The summed E-state index contributed by atoms with van der Waals surface area (Å²) in [6, 6.07) is 5.39. The van der Waals surface area contributed by atoms with Crippen LogP contribution in [0.3, 0.4) is 0 Å². The van der Waals surface area contributed by atoms with Crippen LogP contribution in [-0.2, 0) is 0 Å². The molecule has 0 saturated heterocycles. The van der Waals surface area contributed by atoms with Gasteiger partial charge in [-0.05, 0) is 12.1 Å². The highest BCUT2D eigenvalue weighted by Gasteiger charge is 2.04. The van der Waals surface area contributed by atoms with Crippen LogP contribution in [0.4, 0.5) is 0 Å². The highest BCUT2D eigenvalue weighted by Crippen LogP contribution is 2.29. The smallest absolute Gasteiger partial charge is 0.0566 e. The lowest BCUT2D eigenvalue weighted by molar-refractivity contribution is 1.09. The van der Waals surface area contributed by atoms with E-state index in [9.17, 15) is 0 Å². The third-order valence-corrected chi connectivity index (χ3v) is 2.29. The molecule has 0 aliphatic carbocycles. The van der Waals surface area contributed by atoms with E-state index in [4.69, 9.17) is 23.2 Å². The Bertz CT molecular complexity index is 410. The highest BCUT2D eigenvalue weighted by atomic mass is 35.5. The molecule has 0 aliphatic heterocycles. The zero-order valence-corrected chi connectivity index (χ0v) is 8.10. The minimum absolute atomic E-state index is 0.633. The van der Waals surface area contributed by atoms with Gasteiger partial charge in [-0.2, -0.15) is 5.10 Å². The maximum atomic E-state index is 5.99. The van der Waals surface area contributed by atoms with Gasteiger partial charge in [-0.15, -0.1) is 0 Å². The third-order valence-electron chi connectivity index (χ3n) is 1.74. The quantitative estimate of drug-likeness (QED) is 0.772. The van der Waals surface area contributed by atoms with E-state index in [2.05, 4.69) is 10.2 Å². The van der Waals surface area contributed by atoms with Crippen LogP contribution in [-0.4, -0.2) is 10.2 Å². The first-order valence-electron chi connectivity index (χ1n) is 3.71. The van der Waals surface area contributed by atoms with Gasteiger partial charge < -0.3 is 0 Å². The summed E-state index contributed by atoms with van der Waals surface area (Å²) in [5.41, 5.74) is 1.89. The van der Waals surface area contributed by atoms with Crippen molar-refractivity contribution in [1.82, 2.24) is 10.2 Å². The van der Waals surface area contributed by atoms with Crippen LogP contribution in [0.1, 0.15) is 0 Å². The number of benzene rings is 1. The maximum Gasteiger partial charge on any atom is 0.0566 e. The van der Waals surface area contributed by atoms with Gasteiger partial charge in [-0.3, -0.25) is 5.10 Å². The fourth-order valence-electron chi connectivity index (χ4n) is 1.12. The first-order chi connectivity index (χ1) is 6.27. The third kappa shape index (κ3) is 1.69. The van der Waals surface area contributed by atoms with Gasteiger partial charge in [-0.25, -0.2) is 0 Å². The number of H-pyrrole nitrogens is 1. The van der Waals surface area contributed by atoms with Gasteiger partial charge in [0.05, 0.1) is 6.20 Å². The molecule has 1 aromatic carbocycles. The molecule has 0 bridgehead atoms. The summed E-state index contributed by atoms with van der Waals surface area (Å²) in [5, 5.41) is 7.84. The SMILES string of the molecule is Clc1ccc(-c2cn[nH]c2)c(Cl)c1. The normalized spacial score (nSPS) is 10.3. The number of hydrogen-bond acceptors (Lipinski definition) is 1. The van der Waals surface area contributed by atoms with E-state index in [1.54, 1.807) is 24.5 Å². The van der Waals surface area contributed by atoms with Gasteiger partial charge in [0.1, 0.15) is 0 Å². The van der Waals surface area contributed by atoms with Crippen LogP contribution in [0.25, 0.3) is 11.1 Å². The number of rotatable bonds is 1. The zero-order valence-electron chi connectivity index (χ0n) is 6.59. The second-order valence-electron chi connectivity index (χ2n) is 2.61. The standard InChI is InChI=1S/C9H6Cl2N2/c10-7-1-2-8(9(11)3-7)6-4-12-13-5-6/h1-5H,(H,12,13). The van der Waals surface area contributed by atoms with Gasteiger partial charge in [0.15, 0.2) is 0 Å². The second-order valence-corrected chi connectivity index (χ2v) is 3.45. The molecule has 2 nitrogen and oxygen atoms in total. The molecule has 0 amide bonds. The number of aromatic nitrogens is 2. The predicted octanol–water partition coefficient (Wildman–Crippen LogP) is 3.38. The van der Waals surface area contributed by atoms with Crippen LogP contribution < -0.4 is 0 Å². The lowest BCUT2D eigenvalue weighted by Crippen LogP contribution is -1.75. The van der Waals surface area contributed by atoms with Gasteiger partial charge in [0, 0.05) is 27.4 Å². The lowest BCUT2D eigenvalue weighted by Gasteiger charge is -2.00. The summed E-state index contributed by atoms with van der Waals surface area (Å²) in [6.45, 7) is 0. The summed E-state index contributed by atoms with van der Waals surface area (Å²) >= 11 is 11.8. The van der Waals surface area contributed by atoms with E-state index in [0.29, 0.717) is 10.0 Å². The van der Waals surface area contributed by atoms with E-state index >= 15 is 0 Å². The molecule has 0 fully saturated rings. The molecule has 2 rings (SSSR count). The van der Waals surface area contributed by atoms with Crippen molar-refractivity contribution in [3.63, 3.8) is 0 Å². The maximum absolute atomic E-state index is 5.99. The van der Waals surface area contributed by atoms with Crippen molar-refractivity contribution in [3.8, 4) is 11.1 Å². The van der Waals surface area contributed by atoms with Crippen molar-refractivity contribution in [2.75, 3.05) is 0 Å². The molecule has 0 radical (unpaired) electrons. The second kappa shape index (κ2) is 3.40. The highest BCUT2D eigenvalue weighted by molar-refractivity contribution is 6.36. The Kier molecular flexibility index (Phi) is 2.25. The summed E-state index contributed by atoms with van der Waals surface area (Å²) in [5.74, 6) is 0. The van der Waals surface area contributed by atoms with E-state index in [-0.39, 0.29) is 0 Å². The first kappa shape index (κ1) is 8.60. The van der Waals surface area contributed by atoms with Gasteiger partial charge in [0.25, 0.3) is 0 Å². The lowest BCUT2D eigenvalue weighted by atomic mass is 10.1. The largest absolute Gasteiger partial charge is 0.285 e. The Morgan fingerprint density at radius 2 is 2.08 bits per heavy atom. The molecular weight excluding hydrogens is 207 g/mol. The minimum atomic E-state index is 0.633. The average Bonchev–Trinajstić information content (AvgIpc) is 2.56. The van der Waals surface area contributed by atoms with Crippen LogP contribution in [0.15, 0.2) is 30.6 Å². The summed E-state index contributed by atoms with van der Waals surface area (Å²) < 4.78 is 0. The van der Waals surface area contributed by atoms with E-state index in [1.165, 1.54) is 0 Å². The Balaban J connectivity index is 2.53. The summed E-state index contributed by atoms with van der Waals surface area (Å²) in [4.78, 5) is 0. The number of hydrogen-bond donors (Lipinski definition) is 1. The van der Waals surface area contributed by atoms with Crippen molar-refractivity contribution in [2.24, 2.45) is 0 Å². The molecule has 0 atom stereocenters. The molecule has 0 saturated carbocycles. The van der Waals surface area contributed by atoms with Crippen LogP contribution in [0, 0.1) is 0 Å². The van der Waals surface area contributed by atoms with Crippen LogP contribution in [0.2, 0.25) is 10.0 Å². The number of aromatic amines is 1. The van der Waals surface area contributed by atoms with Crippen molar-refractivity contribution in [1.29, 1.82) is 0 Å². The van der Waals surface area contributed by atoms with Crippen molar-refractivity contribution < 1.29 is 0 Å². The molecule has 0 unspecified atom stereocenters. The molecule has 1 aromatic heterocycles. The van der Waals surface area contributed by atoms with Crippen molar-refractivity contribution in [2.45, 2.75) is 0 Å². The van der Waals surface area contributed by atoms with Gasteiger partial charge >= 0.3 is 0 Å². The average molecular weight is 213 g/mol. The van der Waals surface area contributed by atoms with Crippen LogP contribution >= 0.6 is 23.2 Å². The van der Waals surface area contributed by atoms with Gasteiger partial charge in [0.2, 0.25) is 0 Å². The minimum Gasteiger partial charge on any atom is -0.285 e. The van der Waals surface area contributed by atoms with E-state index < -0.39 is 0 Å². The van der Waals surface area contributed by atoms with Crippen LogP contribution in [0.5, 0.6) is 0 Å². The first-order valence-corrected chi connectivity index (χ1v) is 4.47. The van der Waals surface area contributed by atoms with Crippen molar-refractivity contribution in [3.05, 3.63) is 40.6 Å². The Morgan fingerprint density at radius 1 is 1.23 bits per heavy atom. The zero-order chi connectivity index (χ0) is 9.26. The molecule has 4 heteroatoms. The molecule has 0 aliphatic rings. The molecular formula is C9H6Cl2N2.